The van der Waals surface area contributed by atoms with Crippen LogP contribution in [0.4, 0.5) is 11.6 Å². The predicted molar refractivity (Wildman–Crippen MR) is 80.6 cm³/mol. The first-order valence-electron chi connectivity index (χ1n) is 6.90. The fourth-order valence-electron chi connectivity index (χ4n) is 2.77. The Morgan fingerprint density at radius 2 is 1.95 bits per heavy atom. The molecule has 6 heteroatoms. The van der Waals surface area contributed by atoms with E-state index in [4.69, 9.17) is 5.73 Å². The van der Waals surface area contributed by atoms with Crippen LogP contribution in [0, 0.1) is 0 Å². The normalized spacial score (nSPS) is 24.2. The lowest BCUT2D eigenvalue weighted by Crippen LogP contribution is -2.55. The average molecular weight is 272 g/mol. The molecule has 1 saturated heterocycles. The Bertz CT molecular complexity index is 628. The van der Waals surface area contributed by atoms with Crippen LogP contribution in [-0.4, -0.2) is 52.1 Å². The van der Waals surface area contributed by atoms with Gasteiger partial charge in [0, 0.05) is 25.2 Å². The lowest BCUT2D eigenvalue weighted by atomic mass is 10.1. The number of hydrogen-bond acceptors (Lipinski definition) is 6. The third-order valence-corrected chi connectivity index (χ3v) is 4.07. The summed E-state index contributed by atoms with van der Waals surface area (Å²) in [5.41, 5.74) is 6.39. The van der Waals surface area contributed by atoms with Crippen molar-refractivity contribution in [3.8, 4) is 0 Å². The molecule has 2 N–H and O–H groups in total. The van der Waals surface area contributed by atoms with Crippen LogP contribution in [0.2, 0.25) is 0 Å². The standard InChI is InChI=1S/C14H20N6/c1-9-7-20(10(2)6-19(9)3)14-11-4-5-12(15)18-13(11)16-8-17-14/h4-5,8-10H,6-7H2,1-3H3,(H2,15,16,17,18). The first-order chi connectivity index (χ1) is 9.56. The van der Waals surface area contributed by atoms with E-state index in [1.165, 1.54) is 0 Å². The van der Waals surface area contributed by atoms with E-state index in [9.17, 15) is 0 Å². The molecule has 0 radical (unpaired) electrons. The van der Waals surface area contributed by atoms with E-state index in [1.54, 1.807) is 12.4 Å². The van der Waals surface area contributed by atoms with Crippen molar-refractivity contribution in [2.45, 2.75) is 25.9 Å². The minimum absolute atomic E-state index is 0.409. The number of hydrogen-bond donors (Lipinski definition) is 1. The number of piperazine rings is 1. The Labute approximate surface area is 118 Å². The third-order valence-electron chi connectivity index (χ3n) is 4.07. The monoisotopic (exact) mass is 272 g/mol. The quantitative estimate of drug-likeness (QED) is 0.839. The number of nitrogens with zero attached hydrogens (tertiary/aromatic N) is 5. The summed E-state index contributed by atoms with van der Waals surface area (Å²) in [6.07, 6.45) is 1.57. The Hall–Kier alpha value is -1.95. The largest absolute Gasteiger partial charge is 0.384 e. The highest BCUT2D eigenvalue weighted by molar-refractivity contribution is 5.87. The zero-order valence-corrected chi connectivity index (χ0v) is 12.1. The molecule has 1 fully saturated rings. The molecule has 2 atom stereocenters. The van der Waals surface area contributed by atoms with Crippen LogP contribution >= 0.6 is 0 Å². The Balaban J connectivity index is 2.05. The summed E-state index contributed by atoms with van der Waals surface area (Å²) in [5, 5.41) is 0.963. The summed E-state index contributed by atoms with van der Waals surface area (Å²) in [6, 6.07) is 4.67. The van der Waals surface area contributed by atoms with Crippen molar-refractivity contribution in [2.75, 3.05) is 30.8 Å². The van der Waals surface area contributed by atoms with Crippen LogP contribution in [0.1, 0.15) is 13.8 Å². The molecule has 3 rings (SSSR count). The fraction of sp³-hybridized carbons (Fsp3) is 0.500. The summed E-state index contributed by atoms with van der Waals surface area (Å²) >= 11 is 0. The van der Waals surface area contributed by atoms with E-state index in [0.29, 0.717) is 23.5 Å². The van der Waals surface area contributed by atoms with Gasteiger partial charge in [-0.05, 0) is 33.0 Å². The highest BCUT2D eigenvalue weighted by Gasteiger charge is 2.28. The second kappa shape index (κ2) is 4.86. The number of likely N-dealkylation sites (N-methyl/N-ethyl adjacent to an activating group) is 1. The summed E-state index contributed by atoms with van der Waals surface area (Å²) in [4.78, 5) is 17.7. The summed E-state index contributed by atoms with van der Waals surface area (Å²) in [5.74, 6) is 1.44. The molecule has 0 amide bonds. The first-order valence-corrected chi connectivity index (χ1v) is 6.90. The second-order valence-corrected chi connectivity index (χ2v) is 5.59. The van der Waals surface area contributed by atoms with Gasteiger partial charge in [0.15, 0.2) is 5.65 Å². The number of fused-ring (bicyclic) bond motifs is 1. The maximum absolute atomic E-state index is 5.73. The smallest absolute Gasteiger partial charge is 0.166 e. The minimum atomic E-state index is 0.409. The fourth-order valence-corrected chi connectivity index (χ4v) is 2.77. The lowest BCUT2D eigenvalue weighted by Gasteiger charge is -2.43. The van der Waals surface area contributed by atoms with E-state index in [0.717, 1.165) is 24.3 Å². The predicted octanol–water partition coefficient (Wildman–Crippen LogP) is 1.14. The Kier molecular flexibility index (Phi) is 3.17. The van der Waals surface area contributed by atoms with Crippen molar-refractivity contribution in [3.63, 3.8) is 0 Å². The number of aromatic nitrogens is 3. The summed E-state index contributed by atoms with van der Waals surface area (Å²) in [6.45, 7) is 6.43. The molecule has 20 heavy (non-hydrogen) atoms. The minimum Gasteiger partial charge on any atom is -0.384 e. The molecule has 106 valence electrons. The van der Waals surface area contributed by atoms with E-state index < -0.39 is 0 Å². The molecule has 6 nitrogen and oxygen atoms in total. The van der Waals surface area contributed by atoms with Gasteiger partial charge in [-0.25, -0.2) is 15.0 Å². The molecule has 0 spiro atoms. The third kappa shape index (κ3) is 2.16. The number of nitrogen functional groups attached to an aromatic ring is 1. The number of pyridine rings is 1. The second-order valence-electron chi connectivity index (χ2n) is 5.59. The highest BCUT2D eigenvalue weighted by Crippen LogP contribution is 2.27. The topological polar surface area (TPSA) is 71.2 Å². The van der Waals surface area contributed by atoms with Crippen LogP contribution in [0.15, 0.2) is 18.5 Å². The van der Waals surface area contributed by atoms with Gasteiger partial charge in [0.25, 0.3) is 0 Å². The van der Waals surface area contributed by atoms with Gasteiger partial charge in [0.1, 0.15) is 18.0 Å². The van der Waals surface area contributed by atoms with Crippen LogP contribution < -0.4 is 10.6 Å². The number of nitrogens with two attached hydrogens (primary N) is 1. The molecule has 2 aromatic rings. The lowest BCUT2D eigenvalue weighted by molar-refractivity contribution is 0.205. The zero-order chi connectivity index (χ0) is 14.3. The molecule has 0 aromatic carbocycles. The van der Waals surface area contributed by atoms with Gasteiger partial charge in [0.2, 0.25) is 0 Å². The number of rotatable bonds is 1. The van der Waals surface area contributed by atoms with Crippen molar-refractivity contribution >= 4 is 22.7 Å². The molecular formula is C14H20N6. The van der Waals surface area contributed by atoms with Gasteiger partial charge in [-0.15, -0.1) is 0 Å². The van der Waals surface area contributed by atoms with Gasteiger partial charge in [-0.1, -0.05) is 0 Å². The maximum atomic E-state index is 5.73. The van der Waals surface area contributed by atoms with Gasteiger partial charge in [-0.2, -0.15) is 0 Å². The van der Waals surface area contributed by atoms with Crippen LogP contribution in [0.5, 0.6) is 0 Å². The van der Waals surface area contributed by atoms with Crippen molar-refractivity contribution in [1.29, 1.82) is 0 Å². The highest BCUT2D eigenvalue weighted by atomic mass is 15.3. The Morgan fingerprint density at radius 3 is 2.75 bits per heavy atom. The van der Waals surface area contributed by atoms with Crippen molar-refractivity contribution < 1.29 is 0 Å². The van der Waals surface area contributed by atoms with Crippen LogP contribution in [0.25, 0.3) is 11.0 Å². The average Bonchev–Trinajstić information content (AvgIpc) is 2.42. The van der Waals surface area contributed by atoms with E-state index in [1.807, 2.05) is 6.07 Å². The SMILES string of the molecule is CC1CN(c2ncnc3nc(N)ccc23)C(C)CN1C. The molecule has 2 unspecified atom stereocenters. The maximum Gasteiger partial charge on any atom is 0.166 e. The van der Waals surface area contributed by atoms with Gasteiger partial charge >= 0.3 is 0 Å². The summed E-state index contributed by atoms with van der Waals surface area (Å²) in [7, 11) is 2.17. The van der Waals surface area contributed by atoms with E-state index in [2.05, 4.69) is 45.6 Å². The van der Waals surface area contributed by atoms with Gasteiger partial charge < -0.3 is 10.6 Å². The van der Waals surface area contributed by atoms with Crippen molar-refractivity contribution in [2.24, 2.45) is 0 Å². The molecule has 0 saturated carbocycles. The Morgan fingerprint density at radius 1 is 1.15 bits per heavy atom. The number of anilines is 2. The molecule has 0 aliphatic carbocycles. The molecule has 1 aliphatic heterocycles. The molecule has 2 aromatic heterocycles. The molecule has 1 aliphatic rings. The van der Waals surface area contributed by atoms with E-state index in [-0.39, 0.29) is 0 Å². The van der Waals surface area contributed by atoms with Crippen molar-refractivity contribution in [1.82, 2.24) is 19.9 Å². The summed E-state index contributed by atoms with van der Waals surface area (Å²) < 4.78 is 0. The first kappa shape index (κ1) is 13.1. The van der Waals surface area contributed by atoms with Crippen LogP contribution in [-0.2, 0) is 0 Å². The molecule has 3 heterocycles. The van der Waals surface area contributed by atoms with Gasteiger partial charge in [0.05, 0.1) is 5.39 Å². The van der Waals surface area contributed by atoms with E-state index >= 15 is 0 Å². The van der Waals surface area contributed by atoms with Crippen molar-refractivity contribution in [3.05, 3.63) is 18.5 Å². The van der Waals surface area contributed by atoms with Gasteiger partial charge in [-0.3, -0.25) is 4.90 Å². The van der Waals surface area contributed by atoms with Crippen LogP contribution in [0.3, 0.4) is 0 Å². The molecular weight excluding hydrogens is 252 g/mol. The molecule has 0 bridgehead atoms. The zero-order valence-electron chi connectivity index (χ0n) is 12.1.